The molecule has 0 amide bonds. The molecule has 0 nitrogen and oxygen atoms in total. The number of hydrogen-bond acceptors (Lipinski definition) is 0. The minimum atomic E-state index is -5.62. The number of alkyl halides is 3. The van der Waals surface area contributed by atoms with Crippen molar-refractivity contribution in [1.29, 1.82) is 0 Å². The molecule has 292 valence electrons. The van der Waals surface area contributed by atoms with E-state index >= 15 is 0 Å². The Labute approximate surface area is 319 Å². The SMILES string of the molecule is FC(F)=C(F)c1c(F)c(F)c([Si](Cl)(Cl)Cl)c(F)c1F.Fc1c(F)c(F)[c]([Ge]([Cl])([Cl])[Cl])c(F)c1F.Fc1c(F)c([Si](Cl)(Cl)Cl)c(F)c(F)c1C(F)(F)F. The third kappa shape index (κ3) is 10.9. The van der Waals surface area contributed by atoms with Gasteiger partial charge in [0.2, 0.25) is 5.83 Å². The van der Waals surface area contributed by atoms with Crippen LogP contribution in [-0.4, -0.2) is 22.5 Å². The van der Waals surface area contributed by atoms with E-state index < -0.39 is 142 Å². The summed E-state index contributed by atoms with van der Waals surface area (Å²) in [6.07, 6.45) is -8.78. The number of halogens is 28. The molecule has 0 aromatic heterocycles. The quantitative estimate of drug-likeness (QED) is 0.0803. The summed E-state index contributed by atoms with van der Waals surface area (Å²) in [7, 11) is 11.0. The van der Waals surface area contributed by atoms with Gasteiger partial charge in [-0.25, -0.2) is 39.5 Å². The summed E-state index contributed by atoms with van der Waals surface area (Å²) in [6.45, 7) is 0. The van der Waals surface area contributed by atoms with Crippen LogP contribution < -0.4 is 14.8 Å². The summed E-state index contributed by atoms with van der Waals surface area (Å²) in [5, 5.41) is -3.15. The van der Waals surface area contributed by atoms with Crippen molar-refractivity contribution in [1.82, 2.24) is 0 Å². The Balaban J connectivity index is 0.000000393. The van der Waals surface area contributed by atoms with E-state index in [0.717, 1.165) is 0 Å². The first-order valence-corrected chi connectivity index (χ1v) is 30.7. The van der Waals surface area contributed by atoms with Crippen LogP contribution >= 0.6 is 96.5 Å². The Kier molecular flexibility index (Phi) is 17.1. The Morgan fingerprint density at radius 3 is 0.923 bits per heavy atom. The molecule has 0 spiro atoms. The standard InChI is InChI=1S/C8Cl3F7Si.C7Cl3F7Si.C6Cl3F5Ge/c9-19(10,11)7-5(15)2(12)1(3(13)6(7)16)4(14)8(17)18;8-18(9,10)6-4(13)2(11)1(7(15,16)17)3(12)5(6)14;7-15(8,9)6-4(13)2(11)1(10)3(12)5(6)14. The van der Waals surface area contributed by atoms with Gasteiger partial charge in [0, 0.05) is 0 Å². The van der Waals surface area contributed by atoms with Crippen LogP contribution in [-0.2, 0) is 6.18 Å². The number of benzene rings is 3. The van der Waals surface area contributed by atoms with Crippen molar-refractivity contribution in [3.8, 4) is 0 Å². The van der Waals surface area contributed by atoms with Crippen LogP contribution in [0.5, 0.6) is 0 Å². The van der Waals surface area contributed by atoms with Crippen LogP contribution in [0.2, 0.25) is 0 Å². The molecule has 0 aliphatic rings. The van der Waals surface area contributed by atoms with E-state index in [1.807, 2.05) is 0 Å². The fraction of sp³-hybridized carbons (Fsp3) is 0.0476. The van der Waals surface area contributed by atoms with Gasteiger partial charge in [0.15, 0.2) is 46.5 Å². The molecular weight excluding hydrogens is 1060 g/mol. The summed E-state index contributed by atoms with van der Waals surface area (Å²) in [5.74, 6) is -32.6. The van der Waals surface area contributed by atoms with Gasteiger partial charge in [-0.2, -0.15) is 22.0 Å². The smallest absolute Gasteiger partial charge is 0.204 e. The zero-order valence-electron chi connectivity index (χ0n) is 22.6. The zero-order valence-corrected chi connectivity index (χ0v) is 33.5. The maximum Gasteiger partial charge on any atom is 0.422 e. The Hall–Kier alpha value is -0.343. The second-order valence-corrected chi connectivity index (χ2v) is 40.2. The molecule has 0 heterocycles. The van der Waals surface area contributed by atoms with Crippen molar-refractivity contribution in [2.45, 2.75) is 6.18 Å². The normalized spacial score (nSPS) is 12.2. The van der Waals surface area contributed by atoms with Gasteiger partial charge in [0.1, 0.15) is 5.56 Å². The third-order valence-electron chi connectivity index (χ3n) is 5.26. The topological polar surface area (TPSA) is 0 Å². The van der Waals surface area contributed by atoms with Gasteiger partial charge in [0.25, 0.3) is 0 Å². The van der Waals surface area contributed by atoms with E-state index in [0.29, 0.717) is 0 Å². The average Bonchev–Trinajstić information content (AvgIpc) is 2.95. The molecular formula is C21Cl9F19GeSi2. The van der Waals surface area contributed by atoms with E-state index in [-0.39, 0.29) is 0 Å². The Bertz CT molecular complexity index is 1770. The minimum Gasteiger partial charge on any atom is -0.204 e. The van der Waals surface area contributed by atoms with Gasteiger partial charge in [-0.3, -0.25) is 0 Å². The van der Waals surface area contributed by atoms with Crippen LogP contribution in [0.4, 0.5) is 83.4 Å². The van der Waals surface area contributed by atoms with Gasteiger partial charge in [-0.15, -0.1) is 66.5 Å². The Morgan fingerprint density at radius 2 is 0.692 bits per heavy atom. The maximum atomic E-state index is 13.4. The molecule has 0 saturated heterocycles. The van der Waals surface area contributed by atoms with Crippen molar-refractivity contribution in [2.75, 3.05) is 0 Å². The van der Waals surface area contributed by atoms with Gasteiger partial charge < -0.3 is 0 Å². The summed E-state index contributed by atoms with van der Waals surface area (Å²) in [5.41, 5.74) is -4.90. The largest absolute Gasteiger partial charge is 0.422 e. The molecule has 0 atom stereocenters. The number of rotatable bonds is 4. The second kappa shape index (κ2) is 17.8. The van der Waals surface area contributed by atoms with Crippen LogP contribution in [0.1, 0.15) is 11.1 Å². The van der Waals surface area contributed by atoms with E-state index in [1.54, 1.807) is 0 Å². The molecule has 0 fully saturated rings. The van der Waals surface area contributed by atoms with Crippen molar-refractivity contribution in [2.24, 2.45) is 0 Å². The van der Waals surface area contributed by atoms with Crippen molar-refractivity contribution < 1.29 is 83.4 Å². The summed E-state index contributed by atoms with van der Waals surface area (Å²) in [6, 6.07) is -8.86. The molecule has 52 heavy (non-hydrogen) atoms. The predicted octanol–water partition coefficient (Wildman–Crippen LogP) is 12.0. The molecule has 31 heteroatoms. The monoisotopic (exact) mass is 1060 g/mol. The van der Waals surface area contributed by atoms with Crippen molar-refractivity contribution >= 4 is 140 Å². The van der Waals surface area contributed by atoms with Gasteiger partial charge in [0.05, 0.1) is 15.9 Å². The first kappa shape index (κ1) is 49.7. The van der Waals surface area contributed by atoms with Crippen LogP contribution in [0.3, 0.4) is 0 Å². The first-order valence-electron chi connectivity index (χ1n) is 11.3. The van der Waals surface area contributed by atoms with Crippen molar-refractivity contribution in [3.63, 3.8) is 0 Å². The summed E-state index contributed by atoms with van der Waals surface area (Å²) < 4.78 is 242. The molecule has 0 saturated carbocycles. The molecule has 0 radical (unpaired) electrons. The Morgan fingerprint density at radius 1 is 0.423 bits per heavy atom. The van der Waals surface area contributed by atoms with Gasteiger partial charge >= 0.3 is 120 Å². The van der Waals surface area contributed by atoms with Crippen LogP contribution in [0.25, 0.3) is 5.83 Å². The molecule has 0 unspecified atom stereocenters. The fourth-order valence-corrected chi connectivity index (χ4v) is 11.7. The van der Waals surface area contributed by atoms with Crippen LogP contribution in [0.15, 0.2) is 6.08 Å². The minimum absolute atomic E-state index is 1.31. The fourth-order valence-electron chi connectivity index (χ4n) is 3.15. The van der Waals surface area contributed by atoms with E-state index in [1.165, 1.54) is 0 Å². The summed E-state index contributed by atoms with van der Waals surface area (Å²) >= 11 is 31.1. The number of hydrogen-bond donors (Lipinski definition) is 0. The molecule has 0 N–H and O–H groups in total. The molecule has 0 bridgehead atoms. The molecule has 0 aliphatic heterocycles. The van der Waals surface area contributed by atoms with Crippen molar-refractivity contribution in [3.05, 3.63) is 92.8 Å². The molecule has 3 aromatic carbocycles. The average molecular weight is 1060 g/mol. The maximum absolute atomic E-state index is 13.4. The molecule has 3 rings (SSSR count). The summed E-state index contributed by atoms with van der Waals surface area (Å²) in [4.78, 5) is 0. The van der Waals surface area contributed by atoms with Crippen LogP contribution in [0, 0.1) is 75.6 Å². The first-order chi connectivity index (χ1) is 23.1. The van der Waals surface area contributed by atoms with Gasteiger partial charge in [-0.1, -0.05) is 0 Å². The predicted molar refractivity (Wildman–Crippen MR) is 163 cm³/mol. The zero-order chi connectivity index (χ0) is 41.5. The molecule has 3 aromatic rings. The van der Waals surface area contributed by atoms with Gasteiger partial charge in [-0.05, 0) is 0 Å². The third-order valence-corrected chi connectivity index (χ3v) is 15.7. The van der Waals surface area contributed by atoms with E-state index in [9.17, 15) is 83.4 Å². The second-order valence-electron chi connectivity index (χ2n) is 8.52. The van der Waals surface area contributed by atoms with E-state index in [2.05, 4.69) is 0 Å². The van der Waals surface area contributed by atoms with E-state index in [4.69, 9.17) is 96.5 Å². The molecule has 0 aliphatic carbocycles.